The van der Waals surface area contributed by atoms with Crippen molar-refractivity contribution in [2.45, 2.75) is 13.0 Å². The van der Waals surface area contributed by atoms with Crippen molar-refractivity contribution in [3.63, 3.8) is 0 Å². The van der Waals surface area contributed by atoms with Gasteiger partial charge in [0, 0.05) is 20.2 Å². The lowest BCUT2D eigenvalue weighted by molar-refractivity contribution is 0.184. The van der Waals surface area contributed by atoms with E-state index in [0.717, 1.165) is 25.4 Å². The third-order valence-corrected chi connectivity index (χ3v) is 2.97. The van der Waals surface area contributed by atoms with Gasteiger partial charge in [-0.25, -0.2) is 0 Å². The molecule has 102 valence electrons. The van der Waals surface area contributed by atoms with Crippen LogP contribution < -0.4 is 10.1 Å². The summed E-state index contributed by atoms with van der Waals surface area (Å²) in [7, 11) is 1.71. The minimum absolute atomic E-state index is 0.137. The van der Waals surface area contributed by atoms with Crippen LogP contribution in [0.15, 0.2) is 42.5 Å². The fraction of sp³-hybridized carbons (Fsp3) is 0.375. The smallest absolute Gasteiger partial charge is 0.120 e. The zero-order chi connectivity index (χ0) is 13.5. The Labute approximate surface area is 114 Å². The van der Waals surface area contributed by atoms with E-state index < -0.39 is 0 Å². The van der Waals surface area contributed by atoms with Gasteiger partial charge in [-0.05, 0) is 29.8 Å². The third kappa shape index (κ3) is 4.23. The van der Waals surface area contributed by atoms with Gasteiger partial charge in [-0.2, -0.15) is 0 Å². The van der Waals surface area contributed by atoms with E-state index in [1.54, 1.807) is 7.11 Å². The Morgan fingerprint density at radius 3 is 2.68 bits per heavy atom. The summed E-state index contributed by atoms with van der Waals surface area (Å²) in [5, 5.41) is 5.74. The van der Waals surface area contributed by atoms with Crippen LogP contribution in [0.5, 0.6) is 5.75 Å². The molecular weight excluding hydrogens is 238 g/mol. The first-order chi connectivity index (χ1) is 9.29. The second kappa shape index (κ2) is 7.12. The molecule has 0 amide bonds. The Morgan fingerprint density at radius 2 is 1.89 bits per heavy atom. The monoisotopic (exact) mass is 259 g/mol. The number of hydrogen-bond acceptors (Lipinski definition) is 3. The largest absolute Gasteiger partial charge is 0.489 e. The Balaban J connectivity index is 1.89. The molecule has 0 bridgehead atoms. The van der Waals surface area contributed by atoms with Crippen molar-refractivity contribution < 1.29 is 9.47 Å². The lowest BCUT2D eigenvalue weighted by atomic mass is 10.1. The zero-order valence-corrected chi connectivity index (χ0v) is 11.6. The molecule has 2 aromatic carbocycles. The molecule has 0 aliphatic heterocycles. The van der Waals surface area contributed by atoms with Crippen molar-refractivity contribution >= 4 is 10.8 Å². The number of rotatable bonds is 7. The standard InChI is InChI=1S/C16H21NO2/c1-13(12-17-9-10-18-2)19-16-8-7-14-5-3-4-6-15(14)11-16/h3-8,11,13,17H,9-10,12H2,1-2H3. The SMILES string of the molecule is COCCNCC(C)Oc1ccc2ccccc2c1. The third-order valence-electron chi connectivity index (χ3n) is 2.97. The molecule has 0 fully saturated rings. The molecule has 2 rings (SSSR count). The number of ether oxygens (including phenoxy) is 2. The number of benzene rings is 2. The van der Waals surface area contributed by atoms with Crippen molar-refractivity contribution in [2.24, 2.45) is 0 Å². The molecule has 1 unspecified atom stereocenters. The molecule has 0 spiro atoms. The first-order valence-electron chi connectivity index (χ1n) is 6.64. The van der Waals surface area contributed by atoms with Crippen LogP contribution in [0.1, 0.15) is 6.92 Å². The second-order valence-corrected chi connectivity index (χ2v) is 4.63. The van der Waals surface area contributed by atoms with Gasteiger partial charge in [-0.15, -0.1) is 0 Å². The molecule has 0 aromatic heterocycles. The van der Waals surface area contributed by atoms with Crippen LogP contribution in [0.3, 0.4) is 0 Å². The zero-order valence-electron chi connectivity index (χ0n) is 11.6. The van der Waals surface area contributed by atoms with Gasteiger partial charge in [-0.1, -0.05) is 30.3 Å². The highest BCUT2D eigenvalue weighted by atomic mass is 16.5. The Kier molecular flexibility index (Phi) is 5.19. The summed E-state index contributed by atoms with van der Waals surface area (Å²) in [6.45, 7) is 4.45. The lowest BCUT2D eigenvalue weighted by Gasteiger charge is -2.15. The Morgan fingerprint density at radius 1 is 1.11 bits per heavy atom. The minimum Gasteiger partial charge on any atom is -0.489 e. The van der Waals surface area contributed by atoms with E-state index in [4.69, 9.17) is 9.47 Å². The van der Waals surface area contributed by atoms with E-state index in [1.165, 1.54) is 10.8 Å². The number of fused-ring (bicyclic) bond motifs is 1. The van der Waals surface area contributed by atoms with Gasteiger partial charge in [0.05, 0.1) is 6.61 Å². The minimum atomic E-state index is 0.137. The molecule has 19 heavy (non-hydrogen) atoms. The fourth-order valence-electron chi connectivity index (χ4n) is 1.99. The van der Waals surface area contributed by atoms with E-state index in [0.29, 0.717) is 0 Å². The highest BCUT2D eigenvalue weighted by molar-refractivity contribution is 5.83. The molecule has 2 aromatic rings. The molecule has 0 radical (unpaired) electrons. The van der Waals surface area contributed by atoms with Crippen LogP contribution >= 0.6 is 0 Å². The highest BCUT2D eigenvalue weighted by Crippen LogP contribution is 2.21. The van der Waals surface area contributed by atoms with Crippen molar-refractivity contribution in [3.8, 4) is 5.75 Å². The highest BCUT2D eigenvalue weighted by Gasteiger charge is 2.04. The van der Waals surface area contributed by atoms with Gasteiger partial charge in [-0.3, -0.25) is 0 Å². The molecule has 0 saturated heterocycles. The van der Waals surface area contributed by atoms with Gasteiger partial charge in [0.2, 0.25) is 0 Å². The molecule has 0 aliphatic carbocycles. The van der Waals surface area contributed by atoms with Gasteiger partial charge in [0.1, 0.15) is 11.9 Å². The van der Waals surface area contributed by atoms with E-state index in [9.17, 15) is 0 Å². The maximum Gasteiger partial charge on any atom is 0.120 e. The van der Waals surface area contributed by atoms with Crippen molar-refractivity contribution in [2.75, 3.05) is 26.8 Å². The first kappa shape index (κ1) is 13.8. The van der Waals surface area contributed by atoms with Gasteiger partial charge in [0.15, 0.2) is 0 Å². The lowest BCUT2D eigenvalue weighted by Crippen LogP contribution is -2.31. The summed E-state index contributed by atoms with van der Waals surface area (Å²) in [5.74, 6) is 0.916. The topological polar surface area (TPSA) is 30.5 Å². The summed E-state index contributed by atoms with van der Waals surface area (Å²) >= 11 is 0. The van der Waals surface area contributed by atoms with Crippen molar-refractivity contribution in [3.05, 3.63) is 42.5 Å². The van der Waals surface area contributed by atoms with Crippen LogP contribution in [0.4, 0.5) is 0 Å². The Hall–Kier alpha value is -1.58. The molecule has 3 nitrogen and oxygen atoms in total. The average molecular weight is 259 g/mol. The maximum absolute atomic E-state index is 5.90. The first-order valence-corrected chi connectivity index (χ1v) is 6.64. The summed E-state index contributed by atoms with van der Waals surface area (Å²) < 4.78 is 10.9. The molecular formula is C16H21NO2. The van der Waals surface area contributed by atoms with E-state index >= 15 is 0 Å². The summed E-state index contributed by atoms with van der Waals surface area (Å²) in [5.41, 5.74) is 0. The predicted molar refractivity (Wildman–Crippen MR) is 78.8 cm³/mol. The van der Waals surface area contributed by atoms with Crippen molar-refractivity contribution in [1.29, 1.82) is 0 Å². The van der Waals surface area contributed by atoms with Crippen LogP contribution in [-0.4, -0.2) is 32.9 Å². The normalized spacial score (nSPS) is 12.5. The summed E-state index contributed by atoms with van der Waals surface area (Å²) in [4.78, 5) is 0. The summed E-state index contributed by atoms with van der Waals surface area (Å²) in [6.07, 6.45) is 0.137. The molecule has 1 atom stereocenters. The van der Waals surface area contributed by atoms with Crippen LogP contribution in [0, 0.1) is 0 Å². The molecule has 3 heteroatoms. The molecule has 0 heterocycles. The van der Waals surface area contributed by atoms with Gasteiger partial charge in [0.25, 0.3) is 0 Å². The molecule has 1 N–H and O–H groups in total. The number of nitrogens with one attached hydrogen (secondary N) is 1. The van der Waals surface area contributed by atoms with Crippen LogP contribution in [0.2, 0.25) is 0 Å². The van der Waals surface area contributed by atoms with Gasteiger partial charge >= 0.3 is 0 Å². The fourth-order valence-corrected chi connectivity index (χ4v) is 1.99. The van der Waals surface area contributed by atoms with Crippen molar-refractivity contribution in [1.82, 2.24) is 5.32 Å². The van der Waals surface area contributed by atoms with E-state index in [-0.39, 0.29) is 6.10 Å². The average Bonchev–Trinajstić information content (AvgIpc) is 2.43. The molecule has 0 aliphatic rings. The quantitative estimate of drug-likeness (QED) is 0.776. The van der Waals surface area contributed by atoms with Crippen LogP contribution in [0.25, 0.3) is 10.8 Å². The Bertz CT molecular complexity index is 513. The second-order valence-electron chi connectivity index (χ2n) is 4.63. The molecule has 0 saturated carbocycles. The van der Waals surface area contributed by atoms with Crippen LogP contribution in [-0.2, 0) is 4.74 Å². The maximum atomic E-state index is 5.90. The predicted octanol–water partition coefficient (Wildman–Crippen LogP) is 2.84. The van der Waals surface area contributed by atoms with Gasteiger partial charge < -0.3 is 14.8 Å². The van der Waals surface area contributed by atoms with E-state index in [1.807, 2.05) is 18.2 Å². The van der Waals surface area contributed by atoms with E-state index in [2.05, 4.69) is 36.5 Å². The number of methoxy groups -OCH3 is 1. The summed E-state index contributed by atoms with van der Waals surface area (Å²) in [6, 6.07) is 14.5. The number of hydrogen-bond donors (Lipinski definition) is 1.